The highest BCUT2D eigenvalue weighted by Gasteiger charge is 2.22. The Hall–Kier alpha value is -2.33. The predicted octanol–water partition coefficient (Wildman–Crippen LogP) is 5.40. The maximum absolute atomic E-state index is 12.5. The van der Waals surface area contributed by atoms with Gasteiger partial charge in [0.05, 0.1) is 21.7 Å². The van der Waals surface area contributed by atoms with E-state index in [9.17, 15) is 4.79 Å². The molecule has 0 saturated heterocycles. The number of hydrogen-bond acceptors (Lipinski definition) is 2. The lowest BCUT2D eigenvalue weighted by molar-refractivity contribution is -0.120. The molecule has 3 aromatic rings. The quantitative estimate of drug-likeness (QED) is 0.662. The van der Waals surface area contributed by atoms with E-state index in [1.54, 1.807) is 6.07 Å². The molecule has 0 unspecified atom stereocenters. The first-order valence-electron chi connectivity index (χ1n) is 8.76. The summed E-state index contributed by atoms with van der Waals surface area (Å²) in [4.78, 5) is 20.4. The number of anilines is 1. The van der Waals surface area contributed by atoms with Crippen molar-refractivity contribution in [3.05, 3.63) is 47.5 Å². The van der Waals surface area contributed by atoms with Crippen molar-refractivity contribution in [3.8, 4) is 11.4 Å². The minimum atomic E-state index is 0.0726. The SMILES string of the molecule is O=C(Nc1cc(-c2nc3ccccc3[nH]2)ccc1Cl)C1CCCCC1. The van der Waals surface area contributed by atoms with Gasteiger partial charge in [-0.3, -0.25) is 4.79 Å². The van der Waals surface area contributed by atoms with E-state index in [2.05, 4.69) is 15.3 Å². The van der Waals surface area contributed by atoms with Gasteiger partial charge in [-0.15, -0.1) is 0 Å². The van der Waals surface area contributed by atoms with Crippen LogP contribution in [0.5, 0.6) is 0 Å². The van der Waals surface area contributed by atoms with Crippen molar-refractivity contribution in [1.29, 1.82) is 0 Å². The lowest BCUT2D eigenvalue weighted by atomic mass is 9.88. The molecule has 25 heavy (non-hydrogen) atoms. The van der Waals surface area contributed by atoms with Crippen molar-refractivity contribution >= 4 is 34.2 Å². The zero-order chi connectivity index (χ0) is 17.2. The smallest absolute Gasteiger partial charge is 0.227 e. The first-order valence-corrected chi connectivity index (χ1v) is 9.14. The van der Waals surface area contributed by atoms with Gasteiger partial charge < -0.3 is 10.3 Å². The van der Waals surface area contributed by atoms with E-state index < -0.39 is 0 Å². The second-order valence-electron chi connectivity index (χ2n) is 6.62. The Balaban J connectivity index is 1.60. The maximum atomic E-state index is 12.5. The zero-order valence-corrected chi connectivity index (χ0v) is 14.6. The molecule has 1 aliphatic carbocycles. The van der Waals surface area contributed by atoms with Crippen LogP contribution in [-0.2, 0) is 4.79 Å². The molecule has 0 atom stereocenters. The van der Waals surface area contributed by atoms with Crippen LogP contribution in [0.15, 0.2) is 42.5 Å². The van der Waals surface area contributed by atoms with Crippen molar-refractivity contribution in [3.63, 3.8) is 0 Å². The molecule has 4 rings (SSSR count). The zero-order valence-electron chi connectivity index (χ0n) is 13.9. The molecular weight excluding hydrogens is 334 g/mol. The van der Waals surface area contributed by atoms with Crippen LogP contribution >= 0.6 is 11.6 Å². The summed E-state index contributed by atoms with van der Waals surface area (Å²) in [5.74, 6) is 0.939. The second-order valence-corrected chi connectivity index (χ2v) is 7.03. The third-order valence-electron chi connectivity index (χ3n) is 4.86. The van der Waals surface area contributed by atoms with Gasteiger partial charge in [0.1, 0.15) is 5.82 Å². The number of benzene rings is 2. The molecule has 128 valence electrons. The molecule has 1 fully saturated rings. The third kappa shape index (κ3) is 3.40. The number of hydrogen-bond donors (Lipinski definition) is 2. The van der Waals surface area contributed by atoms with E-state index >= 15 is 0 Å². The van der Waals surface area contributed by atoms with Crippen molar-refractivity contribution in [2.75, 3.05) is 5.32 Å². The van der Waals surface area contributed by atoms with E-state index in [0.717, 1.165) is 48.1 Å². The molecule has 0 bridgehead atoms. The number of amides is 1. The van der Waals surface area contributed by atoms with Crippen LogP contribution in [0.25, 0.3) is 22.4 Å². The Bertz CT molecular complexity index is 879. The molecule has 1 aromatic heterocycles. The minimum Gasteiger partial charge on any atom is -0.338 e. The highest BCUT2D eigenvalue weighted by Crippen LogP contribution is 2.30. The normalized spacial score (nSPS) is 15.4. The van der Waals surface area contributed by atoms with Gasteiger partial charge in [-0.2, -0.15) is 0 Å². The van der Waals surface area contributed by atoms with E-state index in [-0.39, 0.29) is 11.8 Å². The number of halogens is 1. The number of H-pyrrole nitrogens is 1. The lowest BCUT2D eigenvalue weighted by Crippen LogP contribution is -2.24. The van der Waals surface area contributed by atoms with Crippen molar-refractivity contribution < 1.29 is 4.79 Å². The first-order chi connectivity index (χ1) is 12.2. The summed E-state index contributed by atoms with van der Waals surface area (Å²) in [5, 5.41) is 3.56. The molecule has 1 amide bonds. The number of fused-ring (bicyclic) bond motifs is 1. The Labute approximate surface area is 151 Å². The number of aromatic amines is 1. The van der Waals surface area contributed by atoms with E-state index in [4.69, 9.17) is 11.6 Å². The molecule has 5 heteroatoms. The van der Waals surface area contributed by atoms with Gasteiger partial charge in [0.2, 0.25) is 5.91 Å². The van der Waals surface area contributed by atoms with E-state index in [1.807, 2.05) is 36.4 Å². The van der Waals surface area contributed by atoms with Gasteiger partial charge in [0.15, 0.2) is 0 Å². The molecule has 4 nitrogen and oxygen atoms in total. The number of aromatic nitrogens is 2. The topological polar surface area (TPSA) is 57.8 Å². The van der Waals surface area contributed by atoms with Crippen molar-refractivity contribution in [2.45, 2.75) is 32.1 Å². The maximum Gasteiger partial charge on any atom is 0.227 e. The average molecular weight is 354 g/mol. The van der Waals surface area contributed by atoms with Gasteiger partial charge in [-0.1, -0.05) is 43.0 Å². The van der Waals surface area contributed by atoms with Gasteiger partial charge in [-0.05, 0) is 43.2 Å². The second kappa shape index (κ2) is 6.89. The van der Waals surface area contributed by atoms with Crippen LogP contribution in [-0.4, -0.2) is 15.9 Å². The highest BCUT2D eigenvalue weighted by molar-refractivity contribution is 6.33. The number of carbonyl (C=O) groups excluding carboxylic acids is 1. The van der Waals surface area contributed by atoms with Crippen LogP contribution in [0.3, 0.4) is 0 Å². The fourth-order valence-corrected chi connectivity index (χ4v) is 3.62. The van der Waals surface area contributed by atoms with Crippen LogP contribution in [0.4, 0.5) is 5.69 Å². The average Bonchev–Trinajstić information content (AvgIpc) is 3.08. The molecule has 1 heterocycles. The van der Waals surface area contributed by atoms with Crippen molar-refractivity contribution in [2.24, 2.45) is 5.92 Å². The van der Waals surface area contributed by atoms with Gasteiger partial charge >= 0.3 is 0 Å². The molecule has 2 N–H and O–H groups in total. The van der Waals surface area contributed by atoms with Crippen LogP contribution in [0, 0.1) is 5.92 Å². The molecule has 0 radical (unpaired) electrons. The summed E-state index contributed by atoms with van der Waals surface area (Å²) < 4.78 is 0. The Morgan fingerprint density at radius 1 is 1.12 bits per heavy atom. The fraction of sp³-hybridized carbons (Fsp3) is 0.300. The van der Waals surface area contributed by atoms with Crippen LogP contribution in [0.2, 0.25) is 5.02 Å². The first kappa shape index (κ1) is 16.2. The molecule has 2 aromatic carbocycles. The molecular formula is C20H20ClN3O. The van der Waals surface area contributed by atoms with E-state index in [0.29, 0.717) is 10.7 Å². The highest BCUT2D eigenvalue weighted by atomic mass is 35.5. The summed E-state index contributed by atoms with van der Waals surface area (Å²) in [6.07, 6.45) is 5.42. The summed E-state index contributed by atoms with van der Waals surface area (Å²) >= 11 is 6.30. The Kier molecular flexibility index (Phi) is 4.45. The molecule has 1 saturated carbocycles. The van der Waals surface area contributed by atoms with E-state index in [1.165, 1.54) is 6.42 Å². The molecule has 0 spiro atoms. The predicted molar refractivity (Wildman–Crippen MR) is 102 cm³/mol. The lowest BCUT2D eigenvalue weighted by Gasteiger charge is -2.21. The number of nitrogens with zero attached hydrogens (tertiary/aromatic N) is 1. The van der Waals surface area contributed by atoms with Gasteiger partial charge in [-0.25, -0.2) is 4.98 Å². The Morgan fingerprint density at radius 2 is 1.92 bits per heavy atom. The summed E-state index contributed by atoms with van der Waals surface area (Å²) in [6, 6.07) is 13.5. The number of carbonyl (C=O) groups is 1. The van der Waals surface area contributed by atoms with Gasteiger partial charge in [0.25, 0.3) is 0 Å². The standard InChI is InChI=1S/C20H20ClN3O/c21-15-11-10-14(19-22-16-8-4-5-9-17(16)23-19)12-18(15)24-20(25)13-6-2-1-3-7-13/h4-5,8-13H,1-3,6-7H2,(H,22,23)(H,24,25). The summed E-state index contributed by atoms with van der Waals surface area (Å²) in [7, 11) is 0. The van der Waals surface area contributed by atoms with Crippen LogP contribution in [0.1, 0.15) is 32.1 Å². The third-order valence-corrected chi connectivity index (χ3v) is 5.19. The Morgan fingerprint density at radius 3 is 2.72 bits per heavy atom. The monoisotopic (exact) mass is 353 g/mol. The largest absolute Gasteiger partial charge is 0.338 e. The van der Waals surface area contributed by atoms with Crippen LogP contribution < -0.4 is 5.32 Å². The van der Waals surface area contributed by atoms with Gasteiger partial charge in [0, 0.05) is 11.5 Å². The number of nitrogens with one attached hydrogen (secondary N) is 2. The number of rotatable bonds is 3. The van der Waals surface area contributed by atoms with Crippen molar-refractivity contribution in [1.82, 2.24) is 9.97 Å². The number of imidazole rings is 1. The summed E-state index contributed by atoms with van der Waals surface area (Å²) in [6.45, 7) is 0. The molecule has 0 aliphatic heterocycles. The fourth-order valence-electron chi connectivity index (χ4n) is 3.46. The minimum absolute atomic E-state index is 0.0726. The summed E-state index contributed by atoms with van der Waals surface area (Å²) in [5.41, 5.74) is 3.45. The number of para-hydroxylation sites is 2. The molecule has 1 aliphatic rings.